The van der Waals surface area contributed by atoms with E-state index < -0.39 is 0 Å². The molecule has 0 aliphatic rings. The van der Waals surface area contributed by atoms with Gasteiger partial charge in [-0.1, -0.05) is 46.5 Å². The van der Waals surface area contributed by atoms with Crippen LogP contribution in [0.2, 0.25) is 10.0 Å². The van der Waals surface area contributed by atoms with E-state index in [9.17, 15) is 0 Å². The number of halogens is 2. The molecule has 2 aromatic carbocycles. The molecule has 0 amide bonds. The molecule has 3 rings (SSSR count). The highest BCUT2D eigenvalue weighted by atomic mass is 35.5. The predicted molar refractivity (Wildman–Crippen MR) is 98.1 cm³/mol. The van der Waals surface area contributed by atoms with E-state index in [0.717, 1.165) is 23.4 Å². The molecule has 6 nitrogen and oxygen atoms in total. The fourth-order valence-corrected chi connectivity index (χ4v) is 2.69. The Morgan fingerprint density at radius 2 is 1.92 bits per heavy atom. The van der Waals surface area contributed by atoms with Crippen LogP contribution in [0.25, 0.3) is 0 Å². The molecule has 0 fully saturated rings. The van der Waals surface area contributed by atoms with Gasteiger partial charge in [0, 0.05) is 28.7 Å². The van der Waals surface area contributed by atoms with Crippen LogP contribution in [0.1, 0.15) is 18.1 Å². The van der Waals surface area contributed by atoms with Crippen molar-refractivity contribution < 1.29 is 4.74 Å². The molecule has 1 N–H and O–H groups in total. The quantitative estimate of drug-likeness (QED) is 0.668. The lowest BCUT2D eigenvalue weighted by Gasteiger charge is -2.09. The topological polar surface area (TPSA) is 64.9 Å². The molecule has 0 saturated carbocycles. The molecular formula is C17H17Cl2N5O. The Balaban J connectivity index is 1.55. The molecule has 0 unspecified atom stereocenters. The lowest BCUT2D eigenvalue weighted by molar-refractivity contribution is 0.306. The van der Waals surface area contributed by atoms with Crippen molar-refractivity contribution >= 4 is 29.2 Å². The maximum absolute atomic E-state index is 6.14. The summed E-state index contributed by atoms with van der Waals surface area (Å²) in [5.74, 6) is 1.42. The summed E-state index contributed by atoms with van der Waals surface area (Å²) in [7, 11) is 0. The maximum Gasteiger partial charge on any atom is 0.243 e. The van der Waals surface area contributed by atoms with Crippen LogP contribution in [0.4, 0.5) is 5.95 Å². The van der Waals surface area contributed by atoms with Gasteiger partial charge in [-0.2, -0.15) is 0 Å². The first-order valence-electron chi connectivity index (χ1n) is 7.81. The summed E-state index contributed by atoms with van der Waals surface area (Å²) in [5, 5.41) is 15.9. The smallest absolute Gasteiger partial charge is 0.243 e. The number of nitrogens with zero attached hydrogens (tertiary/aromatic N) is 4. The van der Waals surface area contributed by atoms with Crippen LogP contribution in [0.15, 0.2) is 42.5 Å². The molecule has 0 aliphatic heterocycles. The van der Waals surface area contributed by atoms with Gasteiger partial charge in [0.1, 0.15) is 12.4 Å². The Hall–Kier alpha value is -2.31. The number of anilines is 1. The molecule has 130 valence electrons. The minimum absolute atomic E-state index is 0.388. The van der Waals surface area contributed by atoms with E-state index in [0.29, 0.717) is 29.1 Å². The first-order chi connectivity index (χ1) is 12.2. The highest BCUT2D eigenvalue weighted by molar-refractivity contribution is 6.35. The Morgan fingerprint density at radius 1 is 1.12 bits per heavy atom. The summed E-state index contributed by atoms with van der Waals surface area (Å²) in [6.07, 6.45) is 0. The average Bonchev–Trinajstić information content (AvgIpc) is 3.08. The van der Waals surface area contributed by atoms with Gasteiger partial charge >= 0.3 is 0 Å². The highest BCUT2D eigenvalue weighted by Gasteiger charge is 2.05. The van der Waals surface area contributed by atoms with E-state index in [1.165, 1.54) is 0 Å². The molecule has 0 spiro atoms. The van der Waals surface area contributed by atoms with Gasteiger partial charge in [-0.05, 0) is 47.2 Å². The molecule has 3 aromatic rings. The zero-order chi connectivity index (χ0) is 17.6. The van der Waals surface area contributed by atoms with Crippen molar-refractivity contribution in [1.82, 2.24) is 20.2 Å². The standard InChI is InChI=1S/C17H17Cl2N5O/c1-2-24-17(21-22-23-24)20-10-12-3-7-15(8-4-12)25-11-13-5-6-14(18)9-16(13)19/h3-9H,2,10-11H2,1H3,(H,20,21,23). The number of aromatic nitrogens is 4. The normalized spacial score (nSPS) is 10.7. The molecule has 0 saturated heterocycles. The number of hydrogen-bond acceptors (Lipinski definition) is 5. The molecule has 0 radical (unpaired) electrons. The molecule has 25 heavy (non-hydrogen) atoms. The van der Waals surface area contributed by atoms with Crippen LogP contribution in [0.5, 0.6) is 5.75 Å². The fraction of sp³-hybridized carbons (Fsp3) is 0.235. The van der Waals surface area contributed by atoms with Crippen molar-refractivity contribution in [2.45, 2.75) is 26.6 Å². The van der Waals surface area contributed by atoms with Gasteiger partial charge in [0.2, 0.25) is 5.95 Å². The monoisotopic (exact) mass is 377 g/mol. The number of hydrogen-bond donors (Lipinski definition) is 1. The second-order valence-electron chi connectivity index (χ2n) is 5.34. The van der Waals surface area contributed by atoms with Gasteiger partial charge in [-0.3, -0.25) is 0 Å². The highest BCUT2D eigenvalue weighted by Crippen LogP contribution is 2.23. The molecule has 1 heterocycles. The zero-order valence-electron chi connectivity index (χ0n) is 13.6. The summed E-state index contributed by atoms with van der Waals surface area (Å²) in [5.41, 5.74) is 1.99. The van der Waals surface area contributed by atoms with Crippen molar-refractivity contribution in [3.8, 4) is 5.75 Å². The van der Waals surface area contributed by atoms with Crippen LogP contribution >= 0.6 is 23.2 Å². The number of rotatable bonds is 7. The number of nitrogens with one attached hydrogen (secondary N) is 1. The first kappa shape index (κ1) is 17.5. The number of benzene rings is 2. The fourth-order valence-electron chi connectivity index (χ4n) is 2.23. The number of aryl methyl sites for hydroxylation is 1. The minimum Gasteiger partial charge on any atom is -0.489 e. The Bertz CT molecular complexity index is 835. The van der Waals surface area contributed by atoms with Crippen molar-refractivity contribution in [2.24, 2.45) is 0 Å². The molecule has 0 atom stereocenters. The number of tetrazole rings is 1. The van der Waals surface area contributed by atoms with E-state index >= 15 is 0 Å². The van der Waals surface area contributed by atoms with Crippen LogP contribution < -0.4 is 10.1 Å². The molecular weight excluding hydrogens is 361 g/mol. The summed E-state index contributed by atoms with van der Waals surface area (Å²) >= 11 is 12.0. The van der Waals surface area contributed by atoms with Gasteiger partial charge in [-0.15, -0.1) is 0 Å². The first-order valence-corrected chi connectivity index (χ1v) is 8.57. The summed E-state index contributed by atoms with van der Waals surface area (Å²) in [6, 6.07) is 13.2. The van der Waals surface area contributed by atoms with E-state index in [4.69, 9.17) is 27.9 Å². The Labute approximate surface area is 155 Å². The lowest BCUT2D eigenvalue weighted by Crippen LogP contribution is -2.07. The minimum atomic E-state index is 0.388. The zero-order valence-corrected chi connectivity index (χ0v) is 15.1. The Morgan fingerprint density at radius 3 is 2.64 bits per heavy atom. The van der Waals surface area contributed by atoms with Crippen molar-refractivity contribution in [1.29, 1.82) is 0 Å². The van der Waals surface area contributed by atoms with E-state index in [2.05, 4.69) is 20.8 Å². The lowest BCUT2D eigenvalue weighted by atomic mass is 10.2. The summed E-state index contributed by atoms with van der Waals surface area (Å²) in [4.78, 5) is 0. The molecule has 8 heteroatoms. The second-order valence-corrected chi connectivity index (χ2v) is 6.18. The van der Waals surface area contributed by atoms with Crippen molar-refractivity contribution in [3.63, 3.8) is 0 Å². The van der Waals surface area contributed by atoms with Crippen LogP contribution in [-0.2, 0) is 19.7 Å². The van der Waals surface area contributed by atoms with Crippen molar-refractivity contribution in [2.75, 3.05) is 5.32 Å². The van der Waals surface area contributed by atoms with E-state index in [1.807, 2.05) is 37.3 Å². The third-order valence-electron chi connectivity index (χ3n) is 3.61. The van der Waals surface area contributed by atoms with E-state index in [1.54, 1.807) is 16.8 Å². The third kappa shape index (κ3) is 4.61. The largest absolute Gasteiger partial charge is 0.489 e. The second kappa shape index (κ2) is 8.18. The molecule has 0 aliphatic carbocycles. The number of ether oxygens (including phenoxy) is 1. The summed E-state index contributed by atoms with van der Waals surface area (Å²) < 4.78 is 7.47. The molecule has 1 aromatic heterocycles. The van der Waals surface area contributed by atoms with Gasteiger partial charge < -0.3 is 10.1 Å². The van der Waals surface area contributed by atoms with Gasteiger partial charge in [-0.25, -0.2) is 4.68 Å². The van der Waals surface area contributed by atoms with Crippen LogP contribution in [-0.4, -0.2) is 20.2 Å². The SMILES string of the molecule is CCn1nnnc1NCc1ccc(OCc2ccc(Cl)cc2Cl)cc1. The third-order valence-corrected chi connectivity index (χ3v) is 4.20. The van der Waals surface area contributed by atoms with Gasteiger partial charge in [0.25, 0.3) is 0 Å². The van der Waals surface area contributed by atoms with Crippen LogP contribution in [0.3, 0.4) is 0 Å². The maximum atomic E-state index is 6.14. The van der Waals surface area contributed by atoms with Crippen molar-refractivity contribution in [3.05, 3.63) is 63.6 Å². The summed E-state index contributed by atoms with van der Waals surface area (Å²) in [6.45, 7) is 3.72. The van der Waals surface area contributed by atoms with Gasteiger partial charge in [0.15, 0.2) is 0 Å². The van der Waals surface area contributed by atoms with Crippen LogP contribution in [0, 0.1) is 0 Å². The van der Waals surface area contributed by atoms with Gasteiger partial charge in [0.05, 0.1) is 0 Å². The predicted octanol–water partition coefficient (Wildman–Crippen LogP) is 4.19. The van der Waals surface area contributed by atoms with E-state index in [-0.39, 0.29) is 0 Å². The molecule has 0 bridgehead atoms. The average molecular weight is 378 g/mol. The Kier molecular flexibility index (Phi) is 5.73.